The van der Waals surface area contributed by atoms with Gasteiger partial charge in [-0.05, 0) is 39.3 Å². The van der Waals surface area contributed by atoms with Crippen molar-refractivity contribution in [1.82, 2.24) is 0 Å². The molecule has 3 nitrogen and oxygen atoms in total. The van der Waals surface area contributed by atoms with Gasteiger partial charge in [0.25, 0.3) is 0 Å². The smallest absolute Gasteiger partial charge is 0.326 e. The van der Waals surface area contributed by atoms with Crippen molar-refractivity contribution in [2.75, 3.05) is 4.90 Å². The molecule has 0 radical (unpaired) electrons. The van der Waals surface area contributed by atoms with Crippen molar-refractivity contribution in [1.29, 1.82) is 0 Å². The van der Waals surface area contributed by atoms with E-state index in [0.29, 0.717) is 0 Å². The lowest BCUT2D eigenvalue weighted by Crippen LogP contribution is -2.53. The number of carbonyl (C=O) groups is 1. The maximum atomic E-state index is 11.3. The Hall–Kier alpha value is -1.77. The molecule has 1 aliphatic heterocycles. The predicted octanol–water partition coefficient (Wildman–Crippen LogP) is 3.16. The van der Waals surface area contributed by atoms with E-state index in [1.54, 1.807) is 6.92 Å². The molecule has 2 rings (SSSR count). The fourth-order valence-corrected chi connectivity index (χ4v) is 2.82. The summed E-state index contributed by atoms with van der Waals surface area (Å²) in [5.74, 6) is -0.800. The first-order valence-corrected chi connectivity index (χ1v) is 6.15. The maximum Gasteiger partial charge on any atom is 0.326 e. The zero-order chi connectivity index (χ0) is 13.5. The van der Waals surface area contributed by atoms with E-state index in [-0.39, 0.29) is 5.54 Å². The summed E-state index contributed by atoms with van der Waals surface area (Å²) in [5.41, 5.74) is 3.02. The number of carboxylic acids is 1. The van der Waals surface area contributed by atoms with Crippen molar-refractivity contribution in [3.8, 4) is 0 Å². The number of hydrogen-bond acceptors (Lipinski definition) is 2. The van der Waals surface area contributed by atoms with Gasteiger partial charge >= 0.3 is 5.97 Å². The molecule has 1 aromatic rings. The summed E-state index contributed by atoms with van der Waals surface area (Å²) in [4.78, 5) is 13.3. The third-order valence-corrected chi connectivity index (χ3v) is 3.52. The molecule has 3 heteroatoms. The quantitative estimate of drug-likeness (QED) is 0.870. The fraction of sp³-hybridized carbons (Fsp3) is 0.400. The summed E-state index contributed by atoms with van der Waals surface area (Å²) in [6.45, 7) is 7.90. The third-order valence-electron chi connectivity index (χ3n) is 3.52. The number of para-hydroxylation sites is 1. The van der Waals surface area contributed by atoms with E-state index in [1.165, 1.54) is 5.57 Å². The van der Waals surface area contributed by atoms with E-state index < -0.39 is 12.0 Å². The van der Waals surface area contributed by atoms with E-state index in [4.69, 9.17) is 0 Å². The van der Waals surface area contributed by atoms with Gasteiger partial charge in [-0.2, -0.15) is 0 Å². The Morgan fingerprint density at radius 1 is 1.33 bits per heavy atom. The monoisotopic (exact) mass is 245 g/mol. The fourth-order valence-electron chi connectivity index (χ4n) is 2.82. The number of allylic oxidation sites excluding steroid dienone is 1. The SMILES string of the molecule is CC1=CC(C)(C)N([C@H](C)C(=O)O)c2ccccc21. The Labute approximate surface area is 108 Å². The highest BCUT2D eigenvalue weighted by atomic mass is 16.4. The molecule has 1 heterocycles. The largest absolute Gasteiger partial charge is 0.480 e. The van der Waals surface area contributed by atoms with Gasteiger partial charge in [-0.25, -0.2) is 4.79 Å². The van der Waals surface area contributed by atoms with Crippen LogP contribution in [0.25, 0.3) is 5.57 Å². The van der Waals surface area contributed by atoms with Gasteiger partial charge in [0.2, 0.25) is 0 Å². The van der Waals surface area contributed by atoms with Crippen LogP contribution in [0.5, 0.6) is 0 Å². The standard InChI is InChI=1S/C15H19NO2/c1-10-9-15(3,4)16(11(2)14(17)18)13-8-6-5-7-12(10)13/h5-9,11H,1-4H3,(H,17,18)/t11-/m1/s1. The normalized spacial score (nSPS) is 18.9. The van der Waals surface area contributed by atoms with Crippen molar-refractivity contribution in [2.45, 2.75) is 39.3 Å². The maximum absolute atomic E-state index is 11.3. The molecule has 0 aromatic heterocycles. The Morgan fingerprint density at radius 2 is 1.94 bits per heavy atom. The molecule has 0 unspecified atom stereocenters. The van der Waals surface area contributed by atoms with Crippen LogP contribution in [0.15, 0.2) is 30.3 Å². The van der Waals surface area contributed by atoms with Gasteiger partial charge in [0.1, 0.15) is 6.04 Å². The second kappa shape index (κ2) is 4.16. The minimum absolute atomic E-state index is 0.295. The molecule has 0 saturated carbocycles. The molecule has 1 N–H and O–H groups in total. The lowest BCUT2D eigenvalue weighted by molar-refractivity contribution is -0.138. The number of benzene rings is 1. The first-order valence-electron chi connectivity index (χ1n) is 6.15. The Kier molecular flexibility index (Phi) is 2.93. The van der Waals surface area contributed by atoms with Crippen LogP contribution in [-0.2, 0) is 4.79 Å². The van der Waals surface area contributed by atoms with E-state index in [9.17, 15) is 9.90 Å². The minimum atomic E-state index is -0.800. The first kappa shape index (κ1) is 12.7. The average Bonchev–Trinajstić information content (AvgIpc) is 2.27. The molecule has 18 heavy (non-hydrogen) atoms. The van der Waals surface area contributed by atoms with Crippen LogP contribution in [0.2, 0.25) is 0 Å². The number of fused-ring (bicyclic) bond motifs is 1. The van der Waals surface area contributed by atoms with Crippen LogP contribution in [0.3, 0.4) is 0 Å². The molecule has 1 atom stereocenters. The molecular formula is C15H19NO2. The van der Waals surface area contributed by atoms with Gasteiger partial charge in [-0.3, -0.25) is 0 Å². The molecule has 0 fully saturated rings. The van der Waals surface area contributed by atoms with E-state index >= 15 is 0 Å². The summed E-state index contributed by atoms with van der Waals surface area (Å²) >= 11 is 0. The Morgan fingerprint density at radius 3 is 2.56 bits per heavy atom. The lowest BCUT2D eigenvalue weighted by Gasteiger charge is -2.45. The summed E-state index contributed by atoms with van der Waals surface area (Å²) < 4.78 is 0. The van der Waals surface area contributed by atoms with Gasteiger partial charge in [-0.15, -0.1) is 0 Å². The molecule has 96 valence electrons. The van der Waals surface area contributed by atoms with E-state index in [2.05, 4.69) is 13.0 Å². The molecule has 1 aliphatic rings. The summed E-state index contributed by atoms with van der Waals surface area (Å²) in [5, 5.41) is 9.30. The number of hydrogen-bond donors (Lipinski definition) is 1. The first-order chi connectivity index (χ1) is 8.34. The number of anilines is 1. The molecule has 0 bridgehead atoms. The van der Waals surface area contributed by atoms with Gasteiger partial charge in [-0.1, -0.05) is 24.3 Å². The van der Waals surface area contributed by atoms with Gasteiger partial charge < -0.3 is 10.0 Å². The van der Waals surface area contributed by atoms with Crippen molar-refractivity contribution in [2.24, 2.45) is 0 Å². The highest BCUT2D eigenvalue weighted by Gasteiger charge is 2.36. The second-order valence-corrected chi connectivity index (χ2v) is 5.38. The average molecular weight is 245 g/mol. The Balaban J connectivity index is 2.61. The van der Waals surface area contributed by atoms with E-state index in [1.807, 2.05) is 43.0 Å². The van der Waals surface area contributed by atoms with Gasteiger partial charge in [0.15, 0.2) is 0 Å². The number of rotatable bonds is 2. The van der Waals surface area contributed by atoms with Crippen LogP contribution < -0.4 is 4.90 Å². The third kappa shape index (κ3) is 1.90. The Bertz CT molecular complexity index is 517. The highest BCUT2D eigenvalue weighted by molar-refractivity contribution is 5.86. The van der Waals surface area contributed by atoms with Crippen LogP contribution >= 0.6 is 0 Å². The highest BCUT2D eigenvalue weighted by Crippen LogP contribution is 2.39. The number of nitrogens with zero attached hydrogens (tertiary/aromatic N) is 1. The van der Waals surface area contributed by atoms with Crippen molar-refractivity contribution in [3.05, 3.63) is 35.9 Å². The van der Waals surface area contributed by atoms with Gasteiger partial charge in [0, 0.05) is 11.3 Å². The van der Waals surface area contributed by atoms with Crippen molar-refractivity contribution in [3.63, 3.8) is 0 Å². The van der Waals surface area contributed by atoms with E-state index in [0.717, 1.165) is 11.3 Å². The summed E-state index contributed by atoms with van der Waals surface area (Å²) in [6.07, 6.45) is 2.13. The predicted molar refractivity (Wildman–Crippen MR) is 73.7 cm³/mol. The molecule has 0 saturated heterocycles. The lowest BCUT2D eigenvalue weighted by atomic mass is 9.87. The zero-order valence-electron chi connectivity index (χ0n) is 11.3. The molecular weight excluding hydrogens is 226 g/mol. The molecule has 0 spiro atoms. The van der Waals surface area contributed by atoms with Crippen LogP contribution in [-0.4, -0.2) is 22.7 Å². The van der Waals surface area contributed by atoms with Crippen LogP contribution in [0, 0.1) is 0 Å². The van der Waals surface area contributed by atoms with Gasteiger partial charge in [0.05, 0.1) is 5.54 Å². The van der Waals surface area contributed by atoms with Crippen molar-refractivity contribution >= 4 is 17.2 Å². The van der Waals surface area contributed by atoms with Crippen LogP contribution in [0.1, 0.15) is 33.3 Å². The minimum Gasteiger partial charge on any atom is -0.480 e. The van der Waals surface area contributed by atoms with Crippen molar-refractivity contribution < 1.29 is 9.90 Å². The summed E-state index contributed by atoms with van der Waals surface area (Å²) in [6, 6.07) is 7.42. The number of aliphatic carboxylic acids is 1. The zero-order valence-corrected chi connectivity index (χ0v) is 11.3. The molecule has 0 aliphatic carbocycles. The summed E-state index contributed by atoms with van der Waals surface area (Å²) in [7, 11) is 0. The second-order valence-electron chi connectivity index (χ2n) is 5.38. The molecule has 1 aromatic carbocycles. The van der Waals surface area contributed by atoms with Crippen LogP contribution in [0.4, 0.5) is 5.69 Å². The topological polar surface area (TPSA) is 40.5 Å². The number of carboxylic acid groups (broad SMARTS) is 1. The molecule has 0 amide bonds.